The maximum atomic E-state index is 11.5. The van der Waals surface area contributed by atoms with Gasteiger partial charge in [0.25, 0.3) is 0 Å². The highest BCUT2D eigenvalue weighted by Gasteiger charge is 2.11. The topological polar surface area (TPSA) is 53.4 Å². The molecule has 0 atom stereocenters. The standard InChI is InChI=1S/C9H13ClN2O2S/c1-12(2-3-13)9(14)4-8-11-7(5-10)6-15-8/h6,13H,2-5H2,1H3. The zero-order valence-corrected chi connectivity index (χ0v) is 10.0. The fraction of sp³-hybridized carbons (Fsp3) is 0.556. The maximum absolute atomic E-state index is 11.5. The van der Waals surface area contributed by atoms with Gasteiger partial charge < -0.3 is 10.0 Å². The summed E-state index contributed by atoms with van der Waals surface area (Å²) in [6, 6.07) is 0. The maximum Gasteiger partial charge on any atom is 0.229 e. The van der Waals surface area contributed by atoms with Crippen LogP contribution < -0.4 is 0 Å². The molecular weight excluding hydrogens is 236 g/mol. The van der Waals surface area contributed by atoms with Crippen LogP contribution in [0.25, 0.3) is 0 Å². The second kappa shape index (κ2) is 6.05. The Balaban J connectivity index is 2.50. The second-order valence-electron chi connectivity index (χ2n) is 3.08. The molecule has 0 saturated carbocycles. The SMILES string of the molecule is CN(CCO)C(=O)Cc1nc(CCl)cs1. The highest BCUT2D eigenvalue weighted by molar-refractivity contribution is 7.09. The number of amides is 1. The molecule has 0 radical (unpaired) electrons. The summed E-state index contributed by atoms with van der Waals surface area (Å²) in [5.74, 6) is 0.330. The number of hydrogen-bond donors (Lipinski definition) is 1. The van der Waals surface area contributed by atoms with Gasteiger partial charge in [0, 0.05) is 19.0 Å². The van der Waals surface area contributed by atoms with Crippen LogP contribution in [0.1, 0.15) is 10.7 Å². The first-order valence-electron chi connectivity index (χ1n) is 4.51. The van der Waals surface area contributed by atoms with Crippen molar-refractivity contribution in [1.82, 2.24) is 9.88 Å². The van der Waals surface area contributed by atoms with Gasteiger partial charge in [0.15, 0.2) is 0 Å². The minimum absolute atomic E-state index is 0.0208. The molecule has 0 aliphatic rings. The number of aliphatic hydroxyl groups excluding tert-OH is 1. The minimum atomic E-state index is -0.0421. The predicted octanol–water partition coefficient (Wildman–Crippen LogP) is 0.875. The van der Waals surface area contributed by atoms with E-state index in [1.807, 2.05) is 5.38 Å². The lowest BCUT2D eigenvalue weighted by atomic mass is 10.4. The van der Waals surface area contributed by atoms with E-state index in [2.05, 4.69) is 4.98 Å². The Morgan fingerprint density at radius 1 is 1.73 bits per heavy atom. The van der Waals surface area contributed by atoms with E-state index >= 15 is 0 Å². The van der Waals surface area contributed by atoms with Gasteiger partial charge in [-0.05, 0) is 0 Å². The number of aromatic nitrogens is 1. The van der Waals surface area contributed by atoms with Gasteiger partial charge in [-0.1, -0.05) is 0 Å². The fourth-order valence-corrected chi connectivity index (χ4v) is 2.04. The summed E-state index contributed by atoms with van der Waals surface area (Å²) < 4.78 is 0. The van der Waals surface area contributed by atoms with E-state index in [9.17, 15) is 4.79 Å². The van der Waals surface area contributed by atoms with Gasteiger partial charge in [-0.25, -0.2) is 4.98 Å². The number of likely N-dealkylation sites (N-methyl/N-ethyl adjacent to an activating group) is 1. The lowest BCUT2D eigenvalue weighted by molar-refractivity contribution is -0.129. The van der Waals surface area contributed by atoms with Gasteiger partial charge in [0.1, 0.15) is 5.01 Å². The smallest absolute Gasteiger partial charge is 0.229 e. The zero-order chi connectivity index (χ0) is 11.3. The third-order valence-electron chi connectivity index (χ3n) is 1.90. The summed E-state index contributed by atoms with van der Waals surface area (Å²) in [7, 11) is 1.66. The molecule has 84 valence electrons. The lowest BCUT2D eigenvalue weighted by Crippen LogP contribution is -2.30. The van der Waals surface area contributed by atoms with Gasteiger partial charge in [0.05, 0.1) is 24.6 Å². The number of nitrogens with zero attached hydrogens (tertiary/aromatic N) is 2. The molecule has 0 fully saturated rings. The molecule has 1 aromatic rings. The molecule has 1 aromatic heterocycles. The number of alkyl halides is 1. The predicted molar refractivity (Wildman–Crippen MR) is 60.1 cm³/mol. The number of carbonyl (C=O) groups is 1. The Kier molecular flexibility index (Phi) is 5.01. The molecule has 1 heterocycles. The summed E-state index contributed by atoms with van der Waals surface area (Å²) >= 11 is 7.04. The van der Waals surface area contributed by atoms with Crippen LogP contribution in [-0.4, -0.2) is 41.1 Å². The number of carbonyl (C=O) groups excluding carboxylic acids is 1. The third kappa shape index (κ3) is 3.77. The van der Waals surface area contributed by atoms with Crippen LogP contribution in [0.2, 0.25) is 0 Å². The Labute approximate surface area is 97.5 Å². The molecule has 1 amide bonds. The van der Waals surface area contributed by atoms with Crippen LogP contribution in [-0.2, 0) is 17.1 Å². The molecule has 0 bridgehead atoms. The van der Waals surface area contributed by atoms with E-state index in [1.54, 1.807) is 7.05 Å². The van der Waals surface area contributed by atoms with Crippen molar-refractivity contribution in [2.45, 2.75) is 12.3 Å². The van der Waals surface area contributed by atoms with Gasteiger partial charge in [-0.3, -0.25) is 4.79 Å². The first-order valence-corrected chi connectivity index (χ1v) is 5.93. The first-order chi connectivity index (χ1) is 7.17. The molecule has 0 aliphatic heterocycles. The number of thiazole rings is 1. The van der Waals surface area contributed by atoms with Crippen LogP contribution in [0.3, 0.4) is 0 Å². The first kappa shape index (κ1) is 12.4. The van der Waals surface area contributed by atoms with E-state index in [4.69, 9.17) is 16.7 Å². The van der Waals surface area contributed by atoms with E-state index < -0.39 is 0 Å². The molecule has 0 unspecified atom stereocenters. The molecule has 15 heavy (non-hydrogen) atoms. The van der Waals surface area contributed by atoms with E-state index in [0.29, 0.717) is 12.4 Å². The van der Waals surface area contributed by atoms with Crippen LogP contribution >= 0.6 is 22.9 Å². The Morgan fingerprint density at radius 3 is 3.00 bits per heavy atom. The second-order valence-corrected chi connectivity index (χ2v) is 4.29. The highest BCUT2D eigenvalue weighted by Crippen LogP contribution is 2.12. The quantitative estimate of drug-likeness (QED) is 0.787. The van der Waals surface area contributed by atoms with E-state index in [-0.39, 0.29) is 18.9 Å². The van der Waals surface area contributed by atoms with Crippen molar-refractivity contribution in [2.24, 2.45) is 0 Å². The van der Waals surface area contributed by atoms with Gasteiger partial charge in [0.2, 0.25) is 5.91 Å². The van der Waals surface area contributed by atoms with Crippen molar-refractivity contribution in [2.75, 3.05) is 20.2 Å². The largest absolute Gasteiger partial charge is 0.395 e. The fourth-order valence-electron chi connectivity index (χ4n) is 1.03. The summed E-state index contributed by atoms with van der Waals surface area (Å²) in [6.07, 6.45) is 0.276. The van der Waals surface area contributed by atoms with Gasteiger partial charge in [-0.15, -0.1) is 22.9 Å². The summed E-state index contributed by atoms with van der Waals surface area (Å²) in [6.45, 7) is 0.333. The van der Waals surface area contributed by atoms with Crippen molar-refractivity contribution in [1.29, 1.82) is 0 Å². The zero-order valence-electron chi connectivity index (χ0n) is 8.44. The highest BCUT2D eigenvalue weighted by atomic mass is 35.5. The number of halogens is 1. The minimum Gasteiger partial charge on any atom is -0.395 e. The van der Waals surface area contributed by atoms with Crippen molar-refractivity contribution in [3.05, 3.63) is 16.1 Å². The van der Waals surface area contributed by atoms with Crippen LogP contribution in [0, 0.1) is 0 Å². The molecule has 1 rings (SSSR count). The molecule has 6 heteroatoms. The molecular formula is C9H13ClN2O2S. The molecule has 0 aromatic carbocycles. The Morgan fingerprint density at radius 2 is 2.47 bits per heavy atom. The number of rotatable bonds is 5. The molecule has 0 saturated heterocycles. The summed E-state index contributed by atoms with van der Waals surface area (Å²) in [4.78, 5) is 17.2. The van der Waals surface area contributed by atoms with Crippen LogP contribution in [0.15, 0.2) is 5.38 Å². The van der Waals surface area contributed by atoms with Gasteiger partial charge in [-0.2, -0.15) is 0 Å². The number of hydrogen-bond acceptors (Lipinski definition) is 4. The Hall–Kier alpha value is -0.650. The van der Waals surface area contributed by atoms with Crippen molar-refractivity contribution in [3.63, 3.8) is 0 Å². The summed E-state index contributed by atoms with van der Waals surface area (Å²) in [5, 5.41) is 11.3. The lowest BCUT2D eigenvalue weighted by Gasteiger charge is -2.14. The van der Waals surface area contributed by atoms with Gasteiger partial charge >= 0.3 is 0 Å². The normalized spacial score (nSPS) is 10.3. The van der Waals surface area contributed by atoms with Crippen LogP contribution in [0.5, 0.6) is 0 Å². The van der Waals surface area contributed by atoms with Crippen LogP contribution in [0.4, 0.5) is 0 Å². The average molecular weight is 249 g/mol. The molecule has 0 aliphatic carbocycles. The monoisotopic (exact) mass is 248 g/mol. The van der Waals surface area contributed by atoms with Crippen molar-refractivity contribution in [3.8, 4) is 0 Å². The molecule has 0 spiro atoms. The van der Waals surface area contributed by atoms with E-state index in [1.165, 1.54) is 16.2 Å². The summed E-state index contributed by atoms with van der Waals surface area (Å²) in [5.41, 5.74) is 0.800. The number of aliphatic hydroxyl groups is 1. The average Bonchev–Trinajstić information content (AvgIpc) is 2.66. The molecule has 4 nitrogen and oxygen atoms in total. The Bertz CT molecular complexity index is 330. The van der Waals surface area contributed by atoms with E-state index in [0.717, 1.165) is 10.7 Å². The van der Waals surface area contributed by atoms with Crippen molar-refractivity contribution < 1.29 is 9.90 Å². The molecule has 1 N–H and O–H groups in total. The van der Waals surface area contributed by atoms with Crippen molar-refractivity contribution >= 4 is 28.8 Å². The third-order valence-corrected chi connectivity index (χ3v) is 3.07.